The topological polar surface area (TPSA) is 85.2 Å². The third-order valence-corrected chi connectivity index (χ3v) is 8.75. The van der Waals surface area contributed by atoms with Crippen LogP contribution in [-0.2, 0) is 21.2 Å². The fourth-order valence-corrected chi connectivity index (χ4v) is 6.59. The maximum absolute atomic E-state index is 13.4. The molecule has 0 aliphatic rings. The molecule has 10 heteroatoms. The van der Waals surface area contributed by atoms with Crippen LogP contribution in [0.3, 0.4) is 0 Å². The second kappa shape index (κ2) is 10.1. The molecule has 184 valence electrons. The van der Waals surface area contributed by atoms with Crippen LogP contribution in [0.5, 0.6) is 0 Å². The van der Waals surface area contributed by atoms with Gasteiger partial charge in [0.15, 0.2) is 15.0 Å². The molecule has 2 heterocycles. The zero-order valence-corrected chi connectivity index (χ0v) is 22.5. The average Bonchev–Trinajstić information content (AvgIpc) is 3.35. The number of benzene rings is 2. The molecule has 0 spiro atoms. The Morgan fingerprint density at radius 2 is 1.80 bits per heavy atom. The smallest absolute Gasteiger partial charge is 0.229 e. The molecule has 0 bridgehead atoms. The minimum atomic E-state index is -3.59. The number of aryl methyl sites for hydroxylation is 4. The second-order valence-electron chi connectivity index (χ2n) is 8.64. The van der Waals surface area contributed by atoms with Gasteiger partial charge in [-0.05, 0) is 63.6 Å². The molecule has 1 amide bonds. The van der Waals surface area contributed by atoms with Crippen LogP contribution in [0.25, 0.3) is 10.2 Å². The Hall–Kier alpha value is -2.75. The summed E-state index contributed by atoms with van der Waals surface area (Å²) in [6.45, 7) is 8.48. The minimum absolute atomic E-state index is 0.150. The molecule has 0 fully saturated rings. The van der Waals surface area contributed by atoms with Crippen LogP contribution in [0.2, 0.25) is 5.02 Å². The molecule has 0 radical (unpaired) electrons. The predicted molar refractivity (Wildman–Crippen MR) is 141 cm³/mol. The number of amides is 1. The Labute approximate surface area is 214 Å². The van der Waals surface area contributed by atoms with E-state index in [0.717, 1.165) is 32.7 Å². The van der Waals surface area contributed by atoms with Crippen LogP contribution in [0.15, 0.2) is 47.4 Å². The zero-order chi connectivity index (χ0) is 25.3. The molecular formula is C25H27ClN4O3S2. The largest absolute Gasteiger partial charge is 0.286 e. The van der Waals surface area contributed by atoms with Gasteiger partial charge in [0.25, 0.3) is 0 Å². The maximum Gasteiger partial charge on any atom is 0.229 e. The lowest BCUT2D eigenvalue weighted by Crippen LogP contribution is -2.35. The van der Waals surface area contributed by atoms with Crippen molar-refractivity contribution in [3.05, 3.63) is 70.0 Å². The molecule has 0 atom stereocenters. The summed E-state index contributed by atoms with van der Waals surface area (Å²) >= 11 is 7.59. The van der Waals surface area contributed by atoms with Crippen LogP contribution in [0.1, 0.15) is 28.9 Å². The van der Waals surface area contributed by atoms with E-state index in [0.29, 0.717) is 23.2 Å². The van der Waals surface area contributed by atoms with Crippen molar-refractivity contribution >= 4 is 54.0 Å². The Bertz CT molecular complexity index is 1490. The molecule has 4 aromatic rings. The van der Waals surface area contributed by atoms with Crippen molar-refractivity contribution in [2.45, 2.75) is 45.6 Å². The van der Waals surface area contributed by atoms with E-state index in [2.05, 4.69) is 5.10 Å². The second-order valence-corrected chi connectivity index (χ2v) is 12.2. The Morgan fingerprint density at radius 1 is 1.09 bits per heavy atom. The molecule has 0 saturated carbocycles. The van der Waals surface area contributed by atoms with Gasteiger partial charge in [-0.25, -0.2) is 13.4 Å². The zero-order valence-electron chi connectivity index (χ0n) is 20.1. The van der Waals surface area contributed by atoms with E-state index in [1.165, 1.54) is 11.3 Å². The Balaban J connectivity index is 1.60. The van der Waals surface area contributed by atoms with E-state index in [9.17, 15) is 13.2 Å². The number of hydrogen-bond donors (Lipinski definition) is 0. The van der Waals surface area contributed by atoms with Gasteiger partial charge in [0.2, 0.25) is 5.91 Å². The van der Waals surface area contributed by atoms with E-state index in [-0.39, 0.29) is 23.0 Å². The molecule has 0 N–H and O–H groups in total. The molecule has 35 heavy (non-hydrogen) atoms. The number of hydrogen-bond acceptors (Lipinski definition) is 6. The summed E-state index contributed by atoms with van der Waals surface area (Å²) in [7, 11) is -3.59. The fraction of sp³-hybridized carbons (Fsp3) is 0.320. The van der Waals surface area contributed by atoms with Crippen molar-refractivity contribution < 1.29 is 13.2 Å². The first-order chi connectivity index (χ1) is 16.5. The van der Waals surface area contributed by atoms with Crippen LogP contribution in [-0.4, -0.2) is 41.4 Å². The first-order valence-electron chi connectivity index (χ1n) is 11.2. The summed E-state index contributed by atoms with van der Waals surface area (Å²) in [4.78, 5) is 19.9. The molecule has 0 saturated heterocycles. The van der Waals surface area contributed by atoms with E-state index in [1.54, 1.807) is 29.2 Å². The number of halogens is 1. The molecular weight excluding hydrogens is 504 g/mol. The monoisotopic (exact) mass is 530 g/mol. The van der Waals surface area contributed by atoms with Gasteiger partial charge in [-0.2, -0.15) is 5.10 Å². The van der Waals surface area contributed by atoms with Crippen molar-refractivity contribution in [3.8, 4) is 0 Å². The quantitative estimate of drug-likeness (QED) is 0.309. The minimum Gasteiger partial charge on any atom is -0.286 e. The van der Waals surface area contributed by atoms with E-state index in [1.807, 2.05) is 50.6 Å². The standard InChI is InChI=1S/C25H27ClN4O3S2/c1-16-5-7-21(8-6-16)35(32,33)12-9-23(31)29(10-11-30-19(4)14-18(3)28-30)25-27-24-17(2)13-20(26)15-22(24)34-25/h5-8,13-15H,9-12H2,1-4H3. The average molecular weight is 531 g/mol. The number of rotatable bonds is 8. The molecule has 7 nitrogen and oxygen atoms in total. The number of carbonyl (C=O) groups excluding carboxylic acids is 1. The van der Waals surface area contributed by atoms with Gasteiger partial charge in [0.05, 0.1) is 33.1 Å². The number of fused-ring (bicyclic) bond motifs is 1. The number of nitrogens with zero attached hydrogens (tertiary/aromatic N) is 4. The first kappa shape index (κ1) is 25.3. The van der Waals surface area contributed by atoms with Gasteiger partial charge in [0.1, 0.15) is 0 Å². The van der Waals surface area contributed by atoms with Gasteiger partial charge >= 0.3 is 0 Å². The van der Waals surface area contributed by atoms with Gasteiger partial charge < -0.3 is 0 Å². The summed E-state index contributed by atoms with van der Waals surface area (Å²) in [5.74, 6) is -0.578. The number of thiazole rings is 1. The lowest BCUT2D eigenvalue weighted by molar-refractivity contribution is -0.118. The summed E-state index contributed by atoms with van der Waals surface area (Å²) in [5.41, 5.74) is 4.56. The highest BCUT2D eigenvalue weighted by Crippen LogP contribution is 2.33. The summed E-state index contributed by atoms with van der Waals surface area (Å²) in [6, 6.07) is 12.3. The van der Waals surface area contributed by atoms with Crippen LogP contribution in [0.4, 0.5) is 5.13 Å². The van der Waals surface area contributed by atoms with Crippen molar-refractivity contribution in [1.29, 1.82) is 0 Å². The van der Waals surface area contributed by atoms with Crippen molar-refractivity contribution in [2.75, 3.05) is 17.2 Å². The Morgan fingerprint density at radius 3 is 2.46 bits per heavy atom. The maximum atomic E-state index is 13.4. The van der Waals surface area contributed by atoms with Gasteiger partial charge in [0, 0.05) is 23.7 Å². The molecule has 2 aromatic carbocycles. The third-order valence-electron chi connectivity index (χ3n) is 5.77. The van der Waals surface area contributed by atoms with Crippen molar-refractivity contribution in [1.82, 2.24) is 14.8 Å². The molecule has 0 aliphatic heterocycles. The van der Waals surface area contributed by atoms with Crippen LogP contribution < -0.4 is 4.90 Å². The summed E-state index contributed by atoms with van der Waals surface area (Å²) < 4.78 is 28.4. The molecule has 4 rings (SSSR count). The van der Waals surface area contributed by atoms with Gasteiger partial charge in [-0.3, -0.25) is 14.4 Å². The fourth-order valence-electron chi connectivity index (χ4n) is 3.90. The van der Waals surface area contributed by atoms with E-state index >= 15 is 0 Å². The number of anilines is 1. The lowest BCUT2D eigenvalue weighted by Gasteiger charge is -2.20. The number of sulfone groups is 1. The normalized spacial score (nSPS) is 11.8. The Kier molecular flexibility index (Phi) is 7.30. The predicted octanol–water partition coefficient (Wildman–Crippen LogP) is 5.28. The highest BCUT2D eigenvalue weighted by atomic mass is 35.5. The van der Waals surface area contributed by atoms with Crippen molar-refractivity contribution in [3.63, 3.8) is 0 Å². The van der Waals surface area contributed by atoms with E-state index < -0.39 is 9.84 Å². The third kappa shape index (κ3) is 5.74. The molecule has 2 aromatic heterocycles. The SMILES string of the molecule is Cc1ccc(S(=O)(=O)CCC(=O)N(CCn2nc(C)cc2C)c2nc3c(C)cc(Cl)cc3s2)cc1. The number of aromatic nitrogens is 3. The van der Waals surface area contributed by atoms with Crippen LogP contribution in [0, 0.1) is 27.7 Å². The van der Waals surface area contributed by atoms with E-state index in [4.69, 9.17) is 16.6 Å². The summed E-state index contributed by atoms with van der Waals surface area (Å²) in [6.07, 6.45) is -0.150. The highest BCUT2D eigenvalue weighted by molar-refractivity contribution is 7.91. The van der Waals surface area contributed by atoms with Gasteiger partial charge in [-0.1, -0.05) is 40.6 Å². The first-order valence-corrected chi connectivity index (χ1v) is 14.1. The lowest BCUT2D eigenvalue weighted by atomic mass is 10.2. The van der Waals surface area contributed by atoms with Gasteiger partial charge in [-0.15, -0.1) is 0 Å². The summed E-state index contributed by atoms with van der Waals surface area (Å²) in [5, 5.41) is 5.61. The highest BCUT2D eigenvalue weighted by Gasteiger charge is 2.24. The van der Waals surface area contributed by atoms with Crippen molar-refractivity contribution in [2.24, 2.45) is 0 Å². The van der Waals surface area contributed by atoms with Crippen LogP contribution >= 0.6 is 22.9 Å². The number of carbonyl (C=O) groups is 1. The molecule has 0 unspecified atom stereocenters. The molecule has 0 aliphatic carbocycles.